The molecule has 1 atom stereocenters. The molecule has 41 heavy (non-hydrogen) atoms. The van der Waals surface area contributed by atoms with E-state index in [0.717, 1.165) is 35.2 Å². The Morgan fingerprint density at radius 3 is 2.41 bits per heavy atom. The van der Waals surface area contributed by atoms with Gasteiger partial charge in [-0.1, -0.05) is 31.5 Å². The van der Waals surface area contributed by atoms with Crippen molar-refractivity contribution in [1.29, 1.82) is 0 Å². The summed E-state index contributed by atoms with van der Waals surface area (Å²) in [6.45, 7) is 6.74. The number of rotatable bonds is 11. The first-order valence-corrected chi connectivity index (χ1v) is 15.5. The van der Waals surface area contributed by atoms with E-state index in [9.17, 15) is 8.42 Å². The van der Waals surface area contributed by atoms with Gasteiger partial charge in [0.05, 0.1) is 30.2 Å². The normalized spacial score (nSPS) is 15.5. The van der Waals surface area contributed by atoms with Crippen LogP contribution in [0.2, 0.25) is 0 Å². The Labute approximate surface area is 242 Å². The molecule has 0 aliphatic carbocycles. The number of methoxy groups -OCH3 is 1. The van der Waals surface area contributed by atoms with E-state index in [0.29, 0.717) is 50.2 Å². The average molecular weight is 576 g/mol. The zero-order valence-corrected chi connectivity index (χ0v) is 24.6. The van der Waals surface area contributed by atoms with Gasteiger partial charge in [0, 0.05) is 43.3 Å². The monoisotopic (exact) mass is 575 g/mol. The highest BCUT2D eigenvalue weighted by molar-refractivity contribution is 7.89. The van der Waals surface area contributed by atoms with Gasteiger partial charge in [-0.2, -0.15) is 4.31 Å². The van der Waals surface area contributed by atoms with Crippen LogP contribution in [0.3, 0.4) is 0 Å². The van der Waals surface area contributed by atoms with Crippen molar-refractivity contribution >= 4 is 32.4 Å². The number of unbranched alkanes of at least 4 members (excludes halogenated alkanes) is 1. The Morgan fingerprint density at radius 1 is 0.927 bits per heavy atom. The summed E-state index contributed by atoms with van der Waals surface area (Å²) in [6.07, 6.45) is 2.01. The van der Waals surface area contributed by atoms with Crippen LogP contribution >= 0.6 is 0 Å². The summed E-state index contributed by atoms with van der Waals surface area (Å²) < 4.78 is 39.3. The Hall–Kier alpha value is -3.73. The number of benzene rings is 3. The Balaban J connectivity index is 1.29. The molecule has 1 aliphatic heterocycles. The lowest BCUT2D eigenvalue weighted by Crippen LogP contribution is -2.49. The zero-order valence-electron chi connectivity index (χ0n) is 23.8. The highest BCUT2D eigenvalue weighted by atomic mass is 32.2. The van der Waals surface area contributed by atoms with E-state index in [2.05, 4.69) is 24.1 Å². The number of fused-ring (bicyclic) bond motifs is 1. The van der Waals surface area contributed by atoms with E-state index in [4.69, 9.17) is 19.4 Å². The molecule has 0 bridgehead atoms. The molecule has 4 aromatic rings. The van der Waals surface area contributed by atoms with Crippen molar-refractivity contribution in [3.8, 4) is 11.5 Å². The van der Waals surface area contributed by atoms with Gasteiger partial charge in [0.25, 0.3) is 0 Å². The molecule has 0 amide bonds. The smallest absolute Gasteiger partial charge is 0.243 e. The van der Waals surface area contributed by atoms with Crippen LogP contribution in [0.4, 0.5) is 11.5 Å². The molecule has 1 aliphatic rings. The van der Waals surface area contributed by atoms with E-state index >= 15 is 0 Å². The molecule has 1 saturated heterocycles. The molecule has 5 rings (SSSR count). The second kappa shape index (κ2) is 12.8. The number of ether oxygens (including phenoxy) is 2. The average Bonchev–Trinajstić information content (AvgIpc) is 3.01. The van der Waals surface area contributed by atoms with Crippen LogP contribution in [-0.4, -0.2) is 67.5 Å². The number of anilines is 2. The second-order valence-corrected chi connectivity index (χ2v) is 12.0. The molecule has 0 spiro atoms. The van der Waals surface area contributed by atoms with Crippen molar-refractivity contribution in [3.05, 3.63) is 78.6 Å². The first-order chi connectivity index (χ1) is 19.9. The highest BCUT2D eigenvalue weighted by Crippen LogP contribution is 2.29. The van der Waals surface area contributed by atoms with Gasteiger partial charge in [0.2, 0.25) is 10.0 Å². The summed E-state index contributed by atoms with van der Waals surface area (Å²) in [4.78, 5) is 12.3. The molecule has 1 aromatic heterocycles. The maximum Gasteiger partial charge on any atom is 0.243 e. The van der Waals surface area contributed by atoms with Crippen molar-refractivity contribution in [3.63, 3.8) is 0 Å². The van der Waals surface area contributed by atoms with Crippen LogP contribution in [-0.2, 0) is 10.0 Å². The standard InChI is InChI=1S/C31H37N5O4S/c1-4-5-21-40-25-13-15-27(16-14-25)41(37,38)36-19-17-35(18-20-36)23(2)30-33-29-12-7-6-11-28(29)31(34-30)32-24-9-8-10-26(22-24)39-3/h6-16,22-23H,4-5,17-21H2,1-3H3,(H,32,33,34). The van der Waals surface area contributed by atoms with E-state index < -0.39 is 10.0 Å². The second-order valence-electron chi connectivity index (χ2n) is 10.1. The van der Waals surface area contributed by atoms with Crippen molar-refractivity contribution in [2.45, 2.75) is 37.6 Å². The lowest BCUT2D eigenvalue weighted by atomic mass is 10.2. The van der Waals surface area contributed by atoms with Gasteiger partial charge >= 0.3 is 0 Å². The molecule has 9 nitrogen and oxygen atoms in total. The van der Waals surface area contributed by atoms with Gasteiger partial charge in [-0.15, -0.1) is 0 Å². The quantitative estimate of drug-likeness (QED) is 0.230. The van der Waals surface area contributed by atoms with Gasteiger partial charge in [0.15, 0.2) is 0 Å². The number of piperazine rings is 1. The molecule has 1 N–H and O–H groups in total. The minimum absolute atomic E-state index is 0.102. The molecule has 2 heterocycles. The van der Waals surface area contributed by atoms with E-state index in [1.807, 2.05) is 48.5 Å². The van der Waals surface area contributed by atoms with Crippen molar-refractivity contribution in [2.75, 3.05) is 45.2 Å². The zero-order chi connectivity index (χ0) is 28.8. The fourth-order valence-electron chi connectivity index (χ4n) is 4.90. The molecular weight excluding hydrogens is 538 g/mol. The number of nitrogens with one attached hydrogen (secondary N) is 1. The summed E-state index contributed by atoms with van der Waals surface area (Å²) >= 11 is 0. The number of hydrogen-bond acceptors (Lipinski definition) is 8. The molecular formula is C31H37N5O4S. The summed E-state index contributed by atoms with van der Waals surface area (Å²) in [5, 5.41) is 4.36. The predicted octanol–water partition coefficient (Wildman–Crippen LogP) is 5.63. The first kappa shape index (κ1) is 28.8. The topological polar surface area (TPSA) is 96.9 Å². The van der Waals surface area contributed by atoms with Gasteiger partial charge in [0.1, 0.15) is 23.1 Å². The molecule has 0 radical (unpaired) electrons. The number of hydrogen-bond donors (Lipinski definition) is 1. The number of para-hydroxylation sites is 1. The third-order valence-electron chi connectivity index (χ3n) is 7.38. The fraction of sp³-hybridized carbons (Fsp3) is 0.355. The van der Waals surface area contributed by atoms with Gasteiger partial charge in [-0.05, 0) is 61.9 Å². The van der Waals surface area contributed by atoms with Gasteiger partial charge < -0.3 is 14.8 Å². The minimum atomic E-state index is -3.59. The number of aromatic nitrogens is 2. The van der Waals surface area contributed by atoms with Crippen LogP contribution in [0.25, 0.3) is 10.9 Å². The summed E-state index contributed by atoms with van der Waals surface area (Å²) in [5.41, 5.74) is 1.71. The van der Waals surface area contributed by atoms with E-state index in [1.165, 1.54) is 0 Å². The Kier molecular flexibility index (Phi) is 9.02. The van der Waals surface area contributed by atoms with Gasteiger partial charge in [-0.3, -0.25) is 4.90 Å². The lowest BCUT2D eigenvalue weighted by Gasteiger charge is -2.36. The number of nitrogens with zero attached hydrogens (tertiary/aromatic N) is 4. The van der Waals surface area contributed by atoms with Crippen LogP contribution < -0.4 is 14.8 Å². The van der Waals surface area contributed by atoms with Crippen LogP contribution in [0.15, 0.2) is 77.7 Å². The number of sulfonamides is 1. The lowest BCUT2D eigenvalue weighted by molar-refractivity contribution is 0.141. The summed E-state index contributed by atoms with van der Waals surface area (Å²) in [7, 11) is -1.95. The predicted molar refractivity (Wildman–Crippen MR) is 161 cm³/mol. The van der Waals surface area contributed by atoms with E-state index in [-0.39, 0.29) is 10.9 Å². The van der Waals surface area contributed by atoms with Crippen molar-refractivity contribution in [1.82, 2.24) is 19.2 Å². The molecule has 216 valence electrons. The minimum Gasteiger partial charge on any atom is -0.497 e. The molecule has 0 saturated carbocycles. The van der Waals surface area contributed by atoms with Gasteiger partial charge in [-0.25, -0.2) is 18.4 Å². The summed E-state index contributed by atoms with van der Waals surface area (Å²) in [5.74, 6) is 2.84. The molecule has 1 unspecified atom stereocenters. The molecule has 10 heteroatoms. The first-order valence-electron chi connectivity index (χ1n) is 14.0. The summed E-state index contributed by atoms with van der Waals surface area (Å²) in [6, 6.07) is 22.3. The molecule has 1 fully saturated rings. The maximum absolute atomic E-state index is 13.3. The van der Waals surface area contributed by atoms with E-state index in [1.54, 1.807) is 35.7 Å². The Bertz CT molecular complexity index is 1570. The van der Waals surface area contributed by atoms with Crippen LogP contribution in [0, 0.1) is 0 Å². The fourth-order valence-corrected chi connectivity index (χ4v) is 6.32. The third kappa shape index (κ3) is 6.61. The van der Waals surface area contributed by atoms with Crippen molar-refractivity contribution in [2.24, 2.45) is 0 Å². The Morgan fingerprint density at radius 2 is 1.68 bits per heavy atom. The molecule has 3 aromatic carbocycles. The van der Waals surface area contributed by atoms with Crippen LogP contribution in [0.1, 0.15) is 38.6 Å². The SMILES string of the molecule is CCCCOc1ccc(S(=O)(=O)N2CCN(C(C)c3nc(Nc4cccc(OC)c4)c4ccccc4n3)CC2)cc1. The van der Waals surface area contributed by atoms with Crippen LogP contribution in [0.5, 0.6) is 11.5 Å². The third-order valence-corrected chi connectivity index (χ3v) is 9.29. The maximum atomic E-state index is 13.3. The largest absolute Gasteiger partial charge is 0.497 e. The highest BCUT2D eigenvalue weighted by Gasteiger charge is 2.31. The van der Waals surface area contributed by atoms with Crippen molar-refractivity contribution < 1.29 is 17.9 Å².